The van der Waals surface area contributed by atoms with Crippen molar-refractivity contribution in [2.45, 2.75) is 25.8 Å². The normalized spacial score (nSPS) is 27.1. The minimum atomic E-state index is -0.768. The van der Waals surface area contributed by atoms with E-state index in [9.17, 15) is 14.7 Å². The SMILES string of the molecule is COCCn1ccc(C(=O)N2C[C@@H]3CCC[C@@]3(C(=O)O)C2)n1. The third kappa shape index (κ3) is 2.39. The van der Waals surface area contributed by atoms with E-state index in [2.05, 4.69) is 5.10 Å². The van der Waals surface area contributed by atoms with Crippen molar-refractivity contribution >= 4 is 11.9 Å². The molecule has 2 aliphatic rings. The summed E-state index contributed by atoms with van der Waals surface area (Å²) in [6.07, 6.45) is 4.23. The molecule has 1 aromatic rings. The van der Waals surface area contributed by atoms with E-state index < -0.39 is 11.4 Å². The molecule has 1 amide bonds. The summed E-state index contributed by atoms with van der Waals surface area (Å²) in [5.41, 5.74) is -0.370. The second kappa shape index (κ2) is 5.72. The maximum Gasteiger partial charge on any atom is 0.311 e. The van der Waals surface area contributed by atoms with Crippen LogP contribution in [0.25, 0.3) is 0 Å². The minimum absolute atomic E-state index is 0.0736. The third-order valence-corrected chi connectivity index (χ3v) is 4.97. The summed E-state index contributed by atoms with van der Waals surface area (Å²) in [6.45, 7) is 1.95. The predicted octanol–water partition coefficient (Wildman–Crippen LogP) is 0.856. The molecule has 7 heteroatoms. The van der Waals surface area contributed by atoms with Gasteiger partial charge in [-0.25, -0.2) is 0 Å². The van der Waals surface area contributed by atoms with Crippen molar-refractivity contribution in [1.29, 1.82) is 0 Å². The molecule has 1 saturated carbocycles. The average molecular weight is 307 g/mol. The van der Waals surface area contributed by atoms with E-state index in [4.69, 9.17) is 4.74 Å². The topological polar surface area (TPSA) is 84.7 Å². The van der Waals surface area contributed by atoms with Crippen molar-refractivity contribution in [1.82, 2.24) is 14.7 Å². The van der Waals surface area contributed by atoms with E-state index in [1.54, 1.807) is 29.0 Å². The van der Waals surface area contributed by atoms with Crippen LogP contribution < -0.4 is 0 Å². The molecule has 1 aliphatic heterocycles. The molecule has 0 radical (unpaired) electrons. The van der Waals surface area contributed by atoms with Crippen LogP contribution in [-0.4, -0.2) is 58.5 Å². The Labute approximate surface area is 128 Å². The van der Waals surface area contributed by atoms with Crippen molar-refractivity contribution in [3.05, 3.63) is 18.0 Å². The van der Waals surface area contributed by atoms with Gasteiger partial charge in [-0.2, -0.15) is 5.10 Å². The number of ether oxygens (including phenoxy) is 1. The fourth-order valence-corrected chi connectivity index (χ4v) is 3.74. The predicted molar refractivity (Wildman–Crippen MR) is 77.4 cm³/mol. The fraction of sp³-hybridized carbons (Fsp3) is 0.667. The molecule has 22 heavy (non-hydrogen) atoms. The molecular formula is C15H21N3O4. The van der Waals surface area contributed by atoms with E-state index in [-0.39, 0.29) is 11.8 Å². The summed E-state index contributed by atoms with van der Waals surface area (Å²) in [5.74, 6) is -0.869. The highest BCUT2D eigenvalue weighted by molar-refractivity contribution is 5.93. The number of fused-ring (bicyclic) bond motifs is 1. The monoisotopic (exact) mass is 307 g/mol. The van der Waals surface area contributed by atoms with Gasteiger partial charge >= 0.3 is 5.97 Å². The van der Waals surface area contributed by atoms with E-state index >= 15 is 0 Å². The molecule has 0 bridgehead atoms. The highest BCUT2D eigenvalue weighted by Gasteiger charge is 2.55. The van der Waals surface area contributed by atoms with E-state index in [1.165, 1.54) is 0 Å². The third-order valence-electron chi connectivity index (χ3n) is 4.97. The lowest BCUT2D eigenvalue weighted by Gasteiger charge is -2.23. The van der Waals surface area contributed by atoms with Gasteiger partial charge in [-0.05, 0) is 24.8 Å². The van der Waals surface area contributed by atoms with E-state index in [0.29, 0.717) is 38.4 Å². The van der Waals surface area contributed by atoms with Gasteiger partial charge in [0, 0.05) is 26.4 Å². The van der Waals surface area contributed by atoms with Crippen LogP contribution in [0.5, 0.6) is 0 Å². The first-order valence-corrected chi connectivity index (χ1v) is 7.62. The lowest BCUT2D eigenvalue weighted by Crippen LogP contribution is -2.37. The summed E-state index contributed by atoms with van der Waals surface area (Å²) >= 11 is 0. The Morgan fingerprint density at radius 3 is 3.05 bits per heavy atom. The second-order valence-corrected chi connectivity index (χ2v) is 6.19. The average Bonchev–Trinajstić information content (AvgIpc) is 3.17. The Kier molecular flexibility index (Phi) is 3.90. The molecule has 0 spiro atoms. The molecule has 2 heterocycles. The largest absolute Gasteiger partial charge is 0.481 e. The van der Waals surface area contributed by atoms with Gasteiger partial charge in [0.25, 0.3) is 5.91 Å². The number of methoxy groups -OCH3 is 1. The molecular weight excluding hydrogens is 286 g/mol. The van der Waals surface area contributed by atoms with E-state index in [0.717, 1.165) is 12.8 Å². The number of hydrogen-bond acceptors (Lipinski definition) is 4. The number of nitrogens with zero attached hydrogens (tertiary/aromatic N) is 3. The molecule has 1 aliphatic carbocycles. The van der Waals surface area contributed by atoms with Crippen LogP contribution in [0.2, 0.25) is 0 Å². The Bertz CT molecular complexity index is 585. The number of carboxylic acids is 1. The van der Waals surface area contributed by atoms with Crippen LogP contribution >= 0.6 is 0 Å². The number of carboxylic acid groups (broad SMARTS) is 1. The molecule has 1 N–H and O–H groups in total. The molecule has 0 aromatic carbocycles. The van der Waals surface area contributed by atoms with Gasteiger partial charge < -0.3 is 14.7 Å². The fourth-order valence-electron chi connectivity index (χ4n) is 3.74. The molecule has 3 rings (SSSR count). The number of hydrogen-bond donors (Lipinski definition) is 1. The second-order valence-electron chi connectivity index (χ2n) is 6.19. The van der Waals surface area contributed by atoms with Crippen LogP contribution in [-0.2, 0) is 16.1 Å². The van der Waals surface area contributed by atoms with Gasteiger partial charge in [0.15, 0.2) is 0 Å². The summed E-state index contributed by atoms with van der Waals surface area (Å²) < 4.78 is 6.65. The molecule has 2 atom stereocenters. The van der Waals surface area contributed by atoms with Crippen LogP contribution in [0, 0.1) is 11.3 Å². The van der Waals surface area contributed by atoms with Crippen molar-refractivity contribution < 1.29 is 19.4 Å². The van der Waals surface area contributed by atoms with Crippen molar-refractivity contribution in [2.75, 3.05) is 26.8 Å². The molecule has 120 valence electrons. The van der Waals surface area contributed by atoms with Crippen LogP contribution in [0.4, 0.5) is 0 Å². The van der Waals surface area contributed by atoms with Crippen molar-refractivity contribution in [3.63, 3.8) is 0 Å². The number of rotatable bonds is 5. The first kappa shape index (κ1) is 15.0. The van der Waals surface area contributed by atoms with Gasteiger partial charge in [0.1, 0.15) is 5.69 Å². The number of carbonyl (C=O) groups excluding carboxylic acids is 1. The highest BCUT2D eigenvalue weighted by atomic mass is 16.5. The maximum atomic E-state index is 12.6. The lowest BCUT2D eigenvalue weighted by molar-refractivity contribution is -0.149. The zero-order valence-corrected chi connectivity index (χ0v) is 12.7. The van der Waals surface area contributed by atoms with Crippen LogP contribution in [0.15, 0.2) is 12.3 Å². The first-order chi connectivity index (χ1) is 10.6. The van der Waals surface area contributed by atoms with Gasteiger partial charge in [0.2, 0.25) is 0 Å². The Hall–Kier alpha value is -1.89. The maximum absolute atomic E-state index is 12.6. The Morgan fingerprint density at radius 1 is 1.55 bits per heavy atom. The zero-order valence-electron chi connectivity index (χ0n) is 12.7. The first-order valence-electron chi connectivity index (χ1n) is 7.62. The van der Waals surface area contributed by atoms with Crippen molar-refractivity contribution in [3.8, 4) is 0 Å². The lowest BCUT2D eigenvalue weighted by atomic mass is 9.81. The summed E-state index contributed by atoms with van der Waals surface area (Å²) in [4.78, 5) is 25.9. The Balaban J connectivity index is 1.71. The van der Waals surface area contributed by atoms with Gasteiger partial charge in [0.05, 0.1) is 18.6 Å². The standard InChI is InChI=1S/C15H21N3O4/c1-22-8-7-18-6-4-12(16-18)13(19)17-9-11-3-2-5-15(11,10-17)14(20)21/h4,6,11H,2-3,5,7-10H2,1H3,(H,20,21)/t11-,15+/m0/s1. The number of likely N-dealkylation sites (tertiary alicyclic amines) is 1. The van der Waals surface area contributed by atoms with E-state index in [1.807, 2.05) is 0 Å². The Morgan fingerprint density at radius 2 is 2.36 bits per heavy atom. The summed E-state index contributed by atoms with van der Waals surface area (Å²) in [6, 6.07) is 1.68. The van der Waals surface area contributed by atoms with Crippen LogP contribution in [0.1, 0.15) is 29.8 Å². The van der Waals surface area contributed by atoms with Gasteiger partial charge in [-0.3, -0.25) is 14.3 Å². The molecule has 0 unspecified atom stereocenters. The molecule has 1 saturated heterocycles. The van der Waals surface area contributed by atoms with Crippen LogP contribution in [0.3, 0.4) is 0 Å². The molecule has 7 nitrogen and oxygen atoms in total. The quantitative estimate of drug-likeness (QED) is 0.872. The molecule has 2 fully saturated rings. The number of aliphatic carboxylic acids is 1. The number of carbonyl (C=O) groups is 2. The van der Waals surface area contributed by atoms with Crippen molar-refractivity contribution in [2.24, 2.45) is 11.3 Å². The number of amides is 1. The minimum Gasteiger partial charge on any atom is -0.481 e. The smallest absolute Gasteiger partial charge is 0.311 e. The van der Waals surface area contributed by atoms with Gasteiger partial charge in [-0.1, -0.05) is 6.42 Å². The van der Waals surface area contributed by atoms with Gasteiger partial charge in [-0.15, -0.1) is 0 Å². The highest BCUT2D eigenvalue weighted by Crippen LogP contribution is 2.49. The summed E-state index contributed by atoms with van der Waals surface area (Å²) in [7, 11) is 1.61. The zero-order chi connectivity index (χ0) is 15.7. The number of aromatic nitrogens is 2. The summed E-state index contributed by atoms with van der Waals surface area (Å²) in [5, 5.41) is 13.8. The molecule has 1 aromatic heterocycles.